The summed E-state index contributed by atoms with van der Waals surface area (Å²) in [6.07, 6.45) is 13.9. The number of rotatable bonds is 5. The molecule has 1 N–H and O–H groups in total. The van der Waals surface area contributed by atoms with Gasteiger partial charge in [-0.05, 0) is 25.3 Å². The van der Waals surface area contributed by atoms with E-state index in [4.69, 9.17) is 0 Å². The maximum absolute atomic E-state index is 12.0. The second kappa shape index (κ2) is 6.98. The van der Waals surface area contributed by atoms with Crippen molar-refractivity contribution in [2.45, 2.75) is 25.8 Å². The molecule has 0 saturated heterocycles. The van der Waals surface area contributed by atoms with Gasteiger partial charge in [0.15, 0.2) is 0 Å². The molecule has 6 nitrogen and oxygen atoms in total. The van der Waals surface area contributed by atoms with Gasteiger partial charge < -0.3 is 5.32 Å². The second-order valence-electron chi connectivity index (χ2n) is 5.33. The highest BCUT2D eigenvalue weighted by molar-refractivity contribution is 5.78. The normalized spacial score (nSPS) is 17.4. The fourth-order valence-electron chi connectivity index (χ4n) is 2.52. The van der Waals surface area contributed by atoms with Gasteiger partial charge in [-0.1, -0.05) is 12.2 Å². The molecule has 2 aromatic rings. The Hall–Kier alpha value is -2.50. The number of nitrogens with one attached hydrogen (secondary N) is 1. The average molecular weight is 297 g/mol. The van der Waals surface area contributed by atoms with Gasteiger partial charge in [0.1, 0.15) is 11.4 Å². The minimum atomic E-state index is 0.123. The molecule has 1 unspecified atom stereocenters. The first-order chi connectivity index (χ1) is 10.8. The summed E-state index contributed by atoms with van der Waals surface area (Å²) in [5, 5.41) is 7.43. The maximum atomic E-state index is 12.0. The van der Waals surface area contributed by atoms with Crippen LogP contribution in [0.2, 0.25) is 0 Å². The number of aromatic nitrogens is 4. The van der Waals surface area contributed by atoms with Crippen LogP contribution in [0.15, 0.2) is 43.0 Å². The number of amides is 1. The van der Waals surface area contributed by atoms with Crippen LogP contribution in [0.4, 0.5) is 0 Å². The highest BCUT2D eigenvalue weighted by Crippen LogP contribution is 2.17. The average Bonchev–Trinajstić information content (AvgIpc) is 3.05. The van der Waals surface area contributed by atoms with E-state index in [1.165, 1.54) is 0 Å². The lowest BCUT2D eigenvalue weighted by molar-refractivity contribution is -0.125. The zero-order valence-corrected chi connectivity index (χ0v) is 12.4. The Morgan fingerprint density at radius 3 is 3.05 bits per heavy atom. The summed E-state index contributed by atoms with van der Waals surface area (Å²) in [4.78, 5) is 20.3. The van der Waals surface area contributed by atoms with Crippen LogP contribution < -0.4 is 5.32 Å². The summed E-state index contributed by atoms with van der Waals surface area (Å²) in [5.74, 6) is 0.267. The Balaban J connectivity index is 1.49. The zero-order chi connectivity index (χ0) is 15.2. The molecule has 0 aliphatic heterocycles. The third kappa shape index (κ3) is 3.58. The van der Waals surface area contributed by atoms with Crippen LogP contribution in [0.5, 0.6) is 0 Å². The van der Waals surface area contributed by atoms with Gasteiger partial charge in [0, 0.05) is 31.1 Å². The van der Waals surface area contributed by atoms with Crippen LogP contribution in [0.3, 0.4) is 0 Å². The fourth-order valence-corrected chi connectivity index (χ4v) is 2.52. The van der Waals surface area contributed by atoms with E-state index < -0.39 is 0 Å². The largest absolute Gasteiger partial charge is 0.354 e. The van der Waals surface area contributed by atoms with Crippen molar-refractivity contribution in [2.75, 3.05) is 6.54 Å². The van der Waals surface area contributed by atoms with E-state index in [1.807, 2.05) is 16.9 Å². The number of carbonyl (C=O) groups is 1. The molecule has 1 aliphatic carbocycles. The summed E-state index contributed by atoms with van der Waals surface area (Å²) < 4.78 is 1.81. The lowest BCUT2D eigenvalue weighted by Gasteiger charge is -2.17. The van der Waals surface area contributed by atoms with E-state index >= 15 is 0 Å². The molecule has 114 valence electrons. The molecule has 1 atom stereocenters. The van der Waals surface area contributed by atoms with Crippen LogP contribution in [-0.4, -0.2) is 32.2 Å². The second-order valence-corrected chi connectivity index (χ2v) is 5.33. The van der Waals surface area contributed by atoms with Gasteiger partial charge in [-0.3, -0.25) is 19.4 Å². The van der Waals surface area contributed by atoms with Crippen LogP contribution in [0.1, 0.15) is 19.3 Å². The molecule has 6 heteroatoms. The van der Waals surface area contributed by atoms with Gasteiger partial charge in [-0.25, -0.2) is 0 Å². The molecule has 1 amide bonds. The highest BCUT2D eigenvalue weighted by Gasteiger charge is 2.17. The van der Waals surface area contributed by atoms with Crippen molar-refractivity contribution in [3.8, 4) is 11.4 Å². The molecule has 22 heavy (non-hydrogen) atoms. The number of hydrogen-bond donors (Lipinski definition) is 1. The van der Waals surface area contributed by atoms with Crippen LogP contribution in [-0.2, 0) is 11.3 Å². The van der Waals surface area contributed by atoms with Crippen LogP contribution in [0, 0.1) is 5.92 Å². The zero-order valence-electron chi connectivity index (χ0n) is 12.4. The summed E-state index contributed by atoms with van der Waals surface area (Å²) in [5.41, 5.74) is 1.54. The van der Waals surface area contributed by atoms with E-state index in [-0.39, 0.29) is 11.8 Å². The molecule has 2 aromatic heterocycles. The molecule has 0 bridgehead atoms. The van der Waals surface area contributed by atoms with Crippen molar-refractivity contribution in [2.24, 2.45) is 5.92 Å². The van der Waals surface area contributed by atoms with Crippen molar-refractivity contribution in [3.05, 3.63) is 43.0 Å². The van der Waals surface area contributed by atoms with Crippen molar-refractivity contribution < 1.29 is 4.79 Å². The van der Waals surface area contributed by atoms with Crippen molar-refractivity contribution in [1.29, 1.82) is 0 Å². The van der Waals surface area contributed by atoms with Gasteiger partial charge in [0.25, 0.3) is 0 Å². The lowest BCUT2D eigenvalue weighted by Crippen LogP contribution is -2.33. The standard InChI is InChI=1S/C16H19N5O/c22-16(13-4-2-1-3-5-13)19-9-11-21-10-6-14(20-21)15-12-17-7-8-18-15/h1-2,6-8,10,12-13H,3-5,9,11H2,(H,19,22). The Labute approximate surface area is 129 Å². The quantitative estimate of drug-likeness (QED) is 0.854. The van der Waals surface area contributed by atoms with Gasteiger partial charge in [0.2, 0.25) is 5.91 Å². The van der Waals surface area contributed by atoms with E-state index in [0.717, 1.165) is 30.7 Å². The molecular weight excluding hydrogens is 278 g/mol. The number of nitrogens with zero attached hydrogens (tertiary/aromatic N) is 4. The molecule has 2 heterocycles. The first-order valence-electron chi connectivity index (χ1n) is 7.55. The fraction of sp³-hybridized carbons (Fsp3) is 0.375. The highest BCUT2D eigenvalue weighted by atomic mass is 16.1. The predicted molar refractivity (Wildman–Crippen MR) is 82.7 cm³/mol. The SMILES string of the molecule is O=C(NCCn1ccc(-c2cnccn2)n1)C1CC=CCC1. The lowest BCUT2D eigenvalue weighted by atomic mass is 9.94. The van der Waals surface area contributed by atoms with Gasteiger partial charge in [0.05, 0.1) is 12.7 Å². The molecular formula is C16H19N5O. The molecule has 0 radical (unpaired) electrons. The minimum absolute atomic E-state index is 0.123. The molecule has 0 spiro atoms. The topological polar surface area (TPSA) is 72.7 Å². The van der Waals surface area contributed by atoms with Crippen LogP contribution in [0.25, 0.3) is 11.4 Å². The smallest absolute Gasteiger partial charge is 0.223 e. The van der Waals surface area contributed by atoms with Gasteiger partial charge in [-0.2, -0.15) is 5.10 Å². The van der Waals surface area contributed by atoms with E-state index in [1.54, 1.807) is 18.6 Å². The molecule has 0 fully saturated rings. The van der Waals surface area contributed by atoms with Crippen molar-refractivity contribution in [1.82, 2.24) is 25.1 Å². The van der Waals surface area contributed by atoms with E-state index in [0.29, 0.717) is 13.1 Å². The van der Waals surface area contributed by atoms with Crippen LogP contribution >= 0.6 is 0 Å². The molecule has 3 rings (SSSR count). The van der Waals surface area contributed by atoms with E-state index in [2.05, 4.69) is 32.5 Å². The monoisotopic (exact) mass is 297 g/mol. The van der Waals surface area contributed by atoms with Gasteiger partial charge in [-0.15, -0.1) is 0 Å². The maximum Gasteiger partial charge on any atom is 0.223 e. The Kier molecular flexibility index (Phi) is 4.58. The summed E-state index contributed by atoms with van der Waals surface area (Å²) in [6, 6.07) is 1.90. The number of hydrogen-bond acceptors (Lipinski definition) is 4. The summed E-state index contributed by atoms with van der Waals surface area (Å²) in [7, 11) is 0. The first kappa shape index (κ1) is 14.4. The molecule has 0 saturated carbocycles. The van der Waals surface area contributed by atoms with Gasteiger partial charge >= 0.3 is 0 Å². The molecule has 1 aliphatic rings. The molecule has 0 aromatic carbocycles. The first-order valence-corrected chi connectivity index (χ1v) is 7.55. The van der Waals surface area contributed by atoms with Crippen molar-refractivity contribution in [3.63, 3.8) is 0 Å². The van der Waals surface area contributed by atoms with Crippen molar-refractivity contribution >= 4 is 5.91 Å². The third-order valence-corrected chi connectivity index (χ3v) is 3.75. The predicted octanol–water partition coefficient (Wildman–Crippen LogP) is 1.81. The van der Waals surface area contributed by atoms with E-state index in [9.17, 15) is 4.79 Å². The Morgan fingerprint density at radius 2 is 2.27 bits per heavy atom. The number of carbonyl (C=O) groups excluding carboxylic acids is 1. The summed E-state index contributed by atoms with van der Waals surface area (Å²) in [6.45, 7) is 1.23. The summed E-state index contributed by atoms with van der Waals surface area (Å²) >= 11 is 0. The number of allylic oxidation sites excluding steroid dienone is 2. The third-order valence-electron chi connectivity index (χ3n) is 3.75. The Morgan fingerprint density at radius 1 is 1.32 bits per heavy atom. The Bertz CT molecular complexity index is 650. The minimum Gasteiger partial charge on any atom is -0.354 e.